The minimum absolute atomic E-state index is 0.608. The van der Waals surface area contributed by atoms with Crippen molar-refractivity contribution >= 4 is 16.6 Å². The van der Waals surface area contributed by atoms with Crippen molar-refractivity contribution in [3.63, 3.8) is 0 Å². The van der Waals surface area contributed by atoms with Crippen LogP contribution in [0.5, 0.6) is 5.75 Å². The third-order valence-electron chi connectivity index (χ3n) is 3.15. The summed E-state index contributed by atoms with van der Waals surface area (Å²) < 4.78 is 5.61. The predicted molar refractivity (Wildman–Crippen MR) is 69.3 cm³/mol. The van der Waals surface area contributed by atoms with Crippen molar-refractivity contribution < 1.29 is 4.74 Å². The summed E-state index contributed by atoms with van der Waals surface area (Å²) >= 11 is 0. The van der Waals surface area contributed by atoms with Gasteiger partial charge in [0.05, 0.1) is 6.61 Å². The van der Waals surface area contributed by atoms with Crippen LogP contribution < -0.4 is 10.5 Å². The third kappa shape index (κ3) is 1.82. The van der Waals surface area contributed by atoms with Gasteiger partial charge in [0.1, 0.15) is 11.3 Å². The monoisotopic (exact) mass is 228 g/mol. The number of ether oxygens (including phenoxy) is 1. The fourth-order valence-corrected chi connectivity index (χ4v) is 2.13. The van der Waals surface area contributed by atoms with Crippen LogP contribution >= 0.6 is 0 Å². The maximum absolute atomic E-state index is 6.09. The Morgan fingerprint density at radius 2 is 2.24 bits per heavy atom. The van der Waals surface area contributed by atoms with E-state index in [1.807, 2.05) is 31.2 Å². The van der Waals surface area contributed by atoms with Gasteiger partial charge in [-0.1, -0.05) is 12.1 Å². The summed E-state index contributed by atoms with van der Waals surface area (Å²) in [7, 11) is 0. The summed E-state index contributed by atoms with van der Waals surface area (Å²) in [6.07, 6.45) is 2.46. The van der Waals surface area contributed by atoms with Gasteiger partial charge in [-0.15, -0.1) is 0 Å². The molecule has 1 heterocycles. The average molecular weight is 228 g/mol. The van der Waals surface area contributed by atoms with Crippen molar-refractivity contribution in [2.45, 2.75) is 25.7 Å². The summed E-state index contributed by atoms with van der Waals surface area (Å²) in [5.74, 6) is 1.44. The number of pyridine rings is 1. The van der Waals surface area contributed by atoms with Crippen molar-refractivity contribution in [1.29, 1.82) is 0 Å². The lowest BCUT2D eigenvalue weighted by Crippen LogP contribution is -1.98. The summed E-state index contributed by atoms with van der Waals surface area (Å²) in [4.78, 5) is 4.71. The molecule has 2 N–H and O–H groups in total. The second-order valence-electron chi connectivity index (χ2n) is 4.50. The Hall–Kier alpha value is -1.77. The minimum atomic E-state index is 0.608. The Balaban J connectivity index is 2.21. The van der Waals surface area contributed by atoms with Gasteiger partial charge in [0.2, 0.25) is 0 Å². The van der Waals surface area contributed by atoms with Gasteiger partial charge in [-0.05, 0) is 31.9 Å². The number of rotatable bonds is 3. The van der Waals surface area contributed by atoms with Gasteiger partial charge in [-0.3, -0.25) is 0 Å². The molecule has 1 aliphatic carbocycles. The highest BCUT2D eigenvalue weighted by Crippen LogP contribution is 2.41. The van der Waals surface area contributed by atoms with Crippen LogP contribution in [0.2, 0.25) is 0 Å². The topological polar surface area (TPSA) is 48.1 Å². The maximum Gasteiger partial charge on any atom is 0.145 e. The molecule has 3 nitrogen and oxygen atoms in total. The Morgan fingerprint density at radius 3 is 2.94 bits per heavy atom. The van der Waals surface area contributed by atoms with Gasteiger partial charge in [-0.2, -0.15) is 0 Å². The normalized spacial score (nSPS) is 15.1. The Bertz CT molecular complexity index is 561. The Kier molecular flexibility index (Phi) is 2.39. The first-order chi connectivity index (χ1) is 8.29. The van der Waals surface area contributed by atoms with E-state index in [-0.39, 0.29) is 0 Å². The Labute approximate surface area is 101 Å². The van der Waals surface area contributed by atoms with E-state index in [0.717, 1.165) is 28.0 Å². The minimum Gasteiger partial charge on any atom is -0.492 e. The molecule has 3 rings (SSSR count). The zero-order chi connectivity index (χ0) is 11.8. The van der Waals surface area contributed by atoms with Gasteiger partial charge in [0, 0.05) is 22.7 Å². The molecule has 1 aromatic heterocycles. The molecular weight excluding hydrogens is 212 g/mol. The predicted octanol–water partition coefficient (Wildman–Crippen LogP) is 3.09. The molecule has 0 bridgehead atoms. The molecule has 0 amide bonds. The van der Waals surface area contributed by atoms with Crippen molar-refractivity contribution in [3.8, 4) is 5.75 Å². The number of para-hydroxylation sites is 1. The Morgan fingerprint density at radius 1 is 1.41 bits per heavy atom. The van der Waals surface area contributed by atoms with E-state index in [9.17, 15) is 0 Å². The number of aromatic nitrogens is 1. The molecule has 2 aromatic rings. The number of anilines is 1. The average Bonchev–Trinajstić information content (AvgIpc) is 3.14. The van der Waals surface area contributed by atoms with Crippen LogP contribution in [-0.4, -0.2) is 11.6 Å². The number of nitrogens with two attached hydrogens (primary N) is 1. The number of hydrogen-bond acceptors (Lipinski definition) is 3. The highest BCUT2D eigenvalue weighted by Gasteiger charge is 2.26. The fraction of sp³-hybridized carbons (Fsp3) is 0.357. The molecule has 0 aliphatic heterocycles. The molecule has 17 heavy (non-hydrogen) atoms. The van der Waals surface area contributed by atoms with Crippen molar-refractivity contribution in [2.24, 2.45) is 0 Å². The van der Waals surface area contributed by atoms with E-state index in [1.54, 1.807) is 0 Å². The zero-order valence-corrected chi connectivity index (χ0v) is 9.94. The van der Waals surface area contributed by atoms with E-state index in [1.165, 1.54) is 12.8 Å². The first-order valence-corrected chi connectivity index (χ1v) is 6.11. The molecule has 1 aromatic carbocycles. The first kappa shape index (κ1) is 10.4. The molecule has 0 unspecified atom stereocenters. The van der Waals surface area contributed by atoms with Gasteiger partial charge in [0.25, 0.3) is 0 Å². The van der Waals surface area contributed by atoms with Crippen LogP contribution in [0.3, 0.4) is 0 Å². The molecule has 1 fully saturated rings. The van der Waals surface area contributed by atoms with E-state index in [0.29, 0.717) is 12.5 Å². The van der Waals surface area contributed by atoms with Gasteiger partial charge >= 0.3 is 0 Å². The fourth-order valence-electron chi connectivity index (χ4n) is 2.13. The van der Waals surface area contributed by atoms with E-state index in [4.69, 9.17) is 15.5 Å². The second-order valence-corrected chi connectivity index (χ2v) is 4.50. The first-order valence-electron chi connectivity index (χ1n) is 6.11. The number of hydrogen-bond donors (Lipinski definition) is 1. The van der Waals surface area contributed by atoms with Crippen LogP contribution in [-0.2, 0) is 0 Å². The number of nitrogens with zero attached hydrogens (tertiary/aromatic N) is 1. The SMILES string of the molecule is CCOc1cccc2c(N)cc(C3CC3)nc12. The van der Waals surface area contributed by atoms with Gasteiger partial charge in [0.15, 0.2) is 0 Å². The molecule has 0 atom stereocenters. The largest absolute Gasteiger partial charge is 0.492 e. The van der Waals surface area contributed by atoms with Crippen LogP contribution in [0.15, 0.2) is 24.3 Å². The van der Waals surface area contributed by atoms with Crippen molar-refractivity contribution in [3.05, 3.63) is 30.0 Å². The van der Waals surface area contributed by atoms with Crippen molar-refractivity contribution in [2.75, 3.05) is 12.3 Å². The highest BCUT2D eigenvalue weighted by atomic mass is 16.5. The lowest BCUT2D eigenvalue weighted by atomic mass is 10.1. The summed E-state index contributed by atoms with van der Waals surface area (Å²) in [6, 6.07) is 7.92. The third-order valence-corrected chi connectivity index (χ3v) is 3.15. The van der Waals surface area contributed by atoms with Crippen LogP contribution in [0.4, 0.5) is 5.69 Å². The highest BCUT2D eigenvalue weighted by molar-refractivity contribution is 5.94. The summed E-state index contributed by atoms with van der Waals surface area (Å²) in [6.45, 7) is 2.63. The zero-order valence-electron chi connectivity index (χ0n) is 9.94. The molecule has 0 radical (unpaired) electrons. The van der Waals surface area contributed by atoms with Crippen molar-refractivity contribution in [1.82, 2.24) is 4.98 Å². The molecule has 88 valence electrons. The lowest BCUT2D eigenvalue weighted by molar-refractivity contribution is 0.343. The van der Waals surface area contributed by atoms with Gasteiger partial charge < -0.3 is 10.5 Å². The number of benzene rings is 1. The van der Waals surface area contributed by atoms with Crippen LogP contribution in [0.25, 0.3) is 10.9 Å². The second kappa shape index (κ2) is 3.91. The van der Waals surface area contributed by atoms with Crippen LogP contribution in [0, 0.1) is 0 Å². The summed E-state index contributed by atoms with van der Waals surface area (Å²) in [5.41, 5.74) is 8.91. The quantitative estimate of drug-likeness (QED) is 0.878. The van der Waals surface area contributed by atoms with E-state index in [2.05, 4.69) is 0 Å². The number of fused-ring (bicyclic) bond motifs is 1. The maximum atomic E-state index is 6.09. The van der Waals surface area contributed by atoms with E-state index >= 15 is 0 Å². The molecule has 0 spiro atoms. The van der Waals surface area contributed by atoms with Crippen LogP contribution in [0.1, 0.15) is 31.4 Å². The molecule has 1 saturated carbocycles. The van der Waals surface area contributed by atoms with E-state index < -0.39 is 0 Å². The summed E-state index contributed by atoms with van der Waals surface area (Å²) in [5, 5.41) is 0.986. The molecule has 3 heteroatoms. The standard InChI is InChI=1S/C14H16N2O/c1-2-17-13-5-3-4-10-11(15)8-12(9-6-7-9)16-14(10)13/h3-5,8-9H,2,6-7H2,1H3,(H2,15,16). The smallest absolute Gasteiger partial charge is 0.145 e. The molecule has 1 aliphatic rings. The molecule has 0 saturated heterocycles. The lowest BCUT2D eigenvalue weighted by Gasteiger charge is -2.10. The van der Waals surface area contributed by atoms with Gasteiger partial charge in [-0.25, -0.2) is 4.98 Å². The molecular formula is C14H16N2O. The number of nitrogen functional groups attached to an aromatic ring is 1.